The van der Waals surface area contributed by atoms with Gasteiger partial charge in [0.05, 0.1) is 0 Å². The molecule has 0 aromatic rings. The Balaban J connectivity index is 0. The first kappa shape index (κ1) is 10.1. The first-order chi connectivity index (χ1) is 2.00. The van der Waals surface area contributed by atoms with Crippen molar-refractivity contribution in [1.29, 1.82) is 0 Å². The third-order valence-corrected chi connectivity index (χ3v) is 0. The molecule has 0 amide bonds. The predicted octanol–water partition coefficient (Wildman–Crippen LogP) is -2.11. The average Bonchev–Trinajstić information content (AvgIpc) is 0.722. The Morgan fingerprint density at radius 3 is 1.17 bits per heavy atom. The maximum absolute atomic E-state index is 8.82. The van der Waals surface area contributed by atoms with Crippen LogP contribution < -0.4 is 0 Å². The van der Waals surface area contributed by atoms with Gasteiger partial charge in [0.25, 0.3) is 0 Å². The second-order valence-corrected chi connectivity index (χ2v) is 2.33. The number of hydrogen-bond donors (Lipinski definition) is 2. The normalized spacial score (nSPS) is 9.67. The molecule has 0 rings (SSSR count). The molecule has 0 aromatic heterocycles. The van der Waals surface area contributed by atoms with Crippen LogP contribution in [-0.4, -0.2) is 51.3 Å². The summed E-state index contributed by atoms with van der Waals surface area (Å²) in [5, 5.41) is 0. The minimum Gasteiger partial charge on any atom is 0 e. The molecule has 0 saturated heterocycles. The largest absolute Gasteiger partial charge is 0 e. The van der Waals surface area contributed by atoms with Gasteiger partial charge in [0.2, 0.25) is 0 Å². The molecule has 0 saturated carbocycles. The fourth-order valence-electron chi connectivity index (χ4n) is 0. The van der Waals surface area contributed by atoms with Crippen LogP contribution in [0.3, 0.4) is 0 Å². The first-order valence-corrected chi connectivity index (χ1v) is 3.63. The van der Waals surface area contributed by atoms with Crippen LogP contribution in [0.25, 0.3) is 0 Å². The smallest absolute Gasteiger partial charge is 0 e. The van der Waals surface area contributed by atoms with Crippen molar-refractivity contribution in [2.75, 3.05) is 0 Å². The van der Waals surface area contributed by atoms with Gasteiger partial charge in [-0.05, 0) is 0 Å². The fourth-order valence-corrected chi connectivity index (χ4v) is 0. The van der Waals surface area contributed by atoms with E-state index in [0.717, 1.165) is 0 Å². The Kier molecular flexibility index (Phi) is 5.22. The van der Waals surface area contributed by atoms with Crippen LogP contribution in [0.1, 0.15) is 0 Å². The third-order valence-electron chi connectivity index (χ3n) is 0. The molecule has 0 atom stereocenters. The number of rotatable bonds is 0. The summed E-state index contributed by atoms with van der Waals surface area (Å²) in [6, 6.07) is 0. The molecule has 0 bridgehead atoms. The van der Waals surface area contributed by atoms with Crippen molar-refractivity contribution in [1.82, 2.24) is 0 Å². The van der Waals surface area contributed by atoms with Gasteiger partial charge >= 0.3 is 29.4 Å². The molecule has 4 nitrogen and oxygen atoms in total. The molecule has 0 heterocycles. The summed E-state index contributed by atoms with van der Waals surface area (Å²) < 4.78 is 31.9. The minimum atomic E-state index is -5.25. The van der Waals surface area contributed by atoms with Crippen LogP contribution in [0.15, 0.2) is 0 Å². The van der Waals surface area contributed by atoms with Gasteiger partial charge in [-0.1, -0.05) is 0 Å². The van der Waals surface area contributed by atoms with Crippen molar-refractivity contribution in [3.8, 4) is 0 Å². The second-order valence-electron chi connectivity index (χ2n) is 0.448. The zero-order valence-electron chi connectivity index (χ0n) is 3.12. The zero-order valence-corrected chi connectivity index (χ0v) is 6.83. The van der Waals surface area contributed by atoms with E-state index < -0.39 is 13.4 Å². The van der Waals surface area contributed by atoms with Crippen LogP contribution in [0.2, 0.25) is 0 Å². The third kappa shape index (κ3) is 76.1. The summed E-state index contributed by atoms with van der Waals surface area (Å²) in [5.74, 6) is 0. The summed E-state index contributed by atoms with van der Waals surface area (Å²) in [7, 11) is 0. The molecule has 0 aliphatic rings. The van der Waals surface area contributed by atoms with E-state index >= 15 is 0 Å². The summed E-state index contributed by atoms with van der Waals surface area (Å²) in [4.78, 5) is 0. The van der Waals surface area contributed by atoms with Gasteiger partial charge in [0.1, 0.15) is 0 Å². The standard InChI is InChI=1S/Na.H2O4Se/c;1-5(2,3)4/h;(H2,1,2,3,4). The predicted molar refractivity (Wildman–Crippen MR) is 17.3 cm³/mol. The van der Waals surface area contributed by atoms with Crippen LogP contribution >= 0.6 is 0 Å². The van der Waals surface area contributed by atoms with E-state index in [2.05, 4.69) is 0 Å². The molecule has 0 aliphatic carbocycles. The monoisotopic (exact) mass is 169 g/mol. The molecule has 6 heavy (non-hydrogen) atoms. The van der Waals surface area contributed by atoms with Crippen molar-refractivity contribution in [2.24, 2.45) is 0 Å². The van der Waals surface area contributed by atoms with Gasteiger partial charge in [-0.25, -0.2) is 0 Å². The Hall–Kier alpha value is 1.04. The molecular weight excluding hydrogens is 166 g/mol. The summed E-state index contributed by atoms with van der Waals surface area (Å²) >= 11 is -5.25. The molecule has 6 heteroatoms. The molecule has 0 spiro atoms. The molecule has 33 valence electrons. The van der Waals surface area contributed by atoms with Crippen LogP contribution in [-0.2, 0) is 7.67 Å². The van der Waals surface area contributed by atoms with Gasteiger partial charge in [-0.15, -0.1) is 0 Å². The fraction of sp³-hybridized carbons (Fsp3) is 0. The SMILES string of the molecule is O=[Se](=O)(O)O.[Na]. The van der Waals surface area contributed by atoms with E-state index in [1.807, 2.05) is 0 Å². The Labute approximate surface area is 58.7 Å². The summed E-state index contributed by atoms with van der Waals surface area (Å²) in [6.07, 6.45) is 0. The van der Waals surface area contributed by atoms with Crippen molar-refractivity contribution in [3.05, 3.63) is 0 Å². The van der Waals surface area contributed by atoms with E-state index in [9.17, 15) is 0 Å². The first-order valence-electron chi connectivity index (χ1n) is 0.698. The Bertz CT molecular complexity index is 90.7. The van der Waals surface area contributed by atoms with E-state index in [0.29, 0.717) is 0 Å². The Morgan fingerprint density at radius 1 is 1.17 bits per heavy atom. The van der Waals surface area contributed by atoms with Crippen LogP contribution in [0.4, 0.5) is 0 Å². The Morgan fingerprint density at radius 2 is 1.17 bits per heavy atom. The molecular formula is H2NaO4Se. The van der Waals surface area contributed by atoms with E-state index in [-0.39, 0.29) is 29.6 Å². The second kappa shape index (κ2) is 3.10. The van der Waals surface area contributed by atoms with Crippen molar-refractivity contribution in [3.63, 3.8) is 0 Å². The van der Waals surface area contributed by atoms with Crippen molar-refractivity contribution < 1.29 is 16.0 Å². The van der Waals surface area contributed by atoms with Crippen molar-refractivity contribution in [2.45, 2.75) is 0 Å². The van der Waals surface area contributed by atoms with E-state index in [1.54, 1.807) is 0 Å². The average molecular weight is 168 g/mol. The molecule has 0 fully saturated rings. The van der Waals surface area contributed by atoms with Gasteiger partial charge in [-0.3, -0.25) is 0 Å². The van der Waals surface area contributed by atoms with E-state index in [4.69, 9.17) is 16.0 Å². The van der Waals surface area contributed by atoms with Gasteiger partial charge < -0.3 is 0 Å². The van der Waals surface area contributed by atoms with Gasteiger partial charge in [0, 0.05) is 29.6 Å². The summed E-state index contributed by atoms with van der Waals surface area (Å²) in [5.41, 5.74) is 0. The van der Waals surface area contributed by atoms with Gasteiger partial charge in [-0.2, -0.15) is 0 Å². The maximum atomic E-state index is 8.82. The summed E-state index contributed by atoms with van der Waals surface area (Å²) in [6.45, 7) is 0. The van der Waals surface area contributed by atoms with Crippen LogP contribution in [0.5, 0.6) is 0 Å². The topological polar surface area (TPSA) is 74.6 Å². The molecule has 0 aliphatic heterocycles. The van der Waals surface area contributed by atoms with Crippen molar-refractivity contribution >= 4 is 42.9 Å². The molecule has 1 radical (unpaired) electrons. The maximum Gasteiger partial charge on any atom is 0 e. The molecule has 0 unspecified atom stereocenters. The van der Waals surface area contributed by atoms with Crippen LogP contribution in [0, 0.1) is 0 Å². The van der Waals surface area contributed by atoms with Gasteiger partial charge in [0.15, 0.2) is 0 Å². The molecule has 0 aromatic carbocycles. The van der Waals surface area contributed by atoms with E-state index in [1.165, 1.54) is 0 Å². The number of hydrogen-bond acceptors (Lipinski definition) is 2. The quantitative estimate of drug-likeness (QED) is 0.406. The molecule has 2 N–H and O–H groups in total. The zero-order chi connectivity index (χ0) is 4.50. The minimum absolute atomic E-state index is 0.